The first-order chi connectivity index (χ1) is 7.74. The topological polar surface area (TPSA) is 45.5 Å². The smallest absolute Gasteiger partial charge is 0.289 e. The van der Waals surface area contributed by atoms with Crippen LogP contribution in [0.4, 0.5) is 0 Å². The normalized spacial score (nSPS) is 26.8. The van der Waals surface area contributed by atoms with Crippen LogP contribution in [0.15, 0.2) is 16.5 Å². The molecular weight excluding hydrogens is 263 g/mol. The number of carbonyl (C=O) groups excluding carboxylic acids is 1. The molecule has 4 nitrogen and oxygen atoms in total. The SMILES string of the molecule is Cl.O=C(c1ccc(Cl)o1)N1CC2CNCC2C1. The minimum absolute atomic E-state index is 0. The number of carbonyl (C=O) groups is 1. The first-order valence-corrected chi connectivity index (χ1v) is 5.87. The van der Waals surface area contributed by atoms with Crippen LogP contribution in [0.2, 0.25) is 5.22 Å². The summed E-state index contributed by atoms with van der Waals surface area (Å²) in [5.41, 5.74) is 0. The van der Waals surface area contributed by atoms with Gasteiger partial charge in [-0.1, -0.05) is 0 Å². The Labute approximate surface area is 111 Å². The zero-order valence-corrected chi connectivity index (χ0v) is 10.8. The van der Waals surface area contributed by atoms with Gasteiger partial charge in [-0.15, -0.1) is 12.4 Å². The Bertz CT molecular complexity index is 409. The number of nitrogens with one attached hydrogen (secondary N) is 1. The molecule has 3 rings (SSSR count). The van der Waals surface area contributed by atoms with Crippen molar-refractivity contribution in [2.45, 2.75) is 0 Å². The van der Waals surface area contributed by atoms with Crippen LogP contribution in [-0.2, 0) is 0 Å². The molecule has 2 unspecified atom stereocenters. The lowest BCUT2D eigenvalue weighted by Crippen LogP contribution is -2.31. The van der Waals surface area contributed by atoms with Gasteiger partial charge >= 0.3 is 0 Å². The average Bonchev–Trinajstić information content (AvgIpc) is 2.89. The maximum absolute atomic E-state index is 12.0. The molecule has 17 heavy (non-hydrogen) atoms. The van der Waals surface area contributed by atoms with Crippen LogP contribution in [0.1, 0.15) is 10.6 Å². The maximum atomic E-state index is 12.0. The summed E-state index contributed by atoms with van der Waals surface area (Å²) in [6.45, 7) is 3.70. The molecule has 1 aromatic heterocycles. The Morgan fingerprint density at radius 2 is 2.00 bits per heavy atom. The highest BCUT2D eigenvalue weighted by Gasteiger charge is 2.38. The van der Waals surface area contributed by atoms with Crippen LogP contribution < -0.4 is 5.32 Å². The molecule has 3 heterocycles. The third kappa shape index (κ3) is 2.30. The third-order valence-electron chi connectivity index (χ3n) is 3.46. The zero-order valence-electron chi connectivity index (χ0n) is 9.19. The molecule has 2 saturated heterocycles. The van der Waals surface area contributed by atoms with Gasteiger partial charge in [0.25, 0.3) is 5.91 Å². The van der Waals surface area contributed by atoms with Gasteiger partial charge in [0.2, 0.25) is 0 Å². The van der Waals surface area contributed by atoms with Gasteiger partial charge in [0.1, 0.15) is 0 Å². The molecule has 0 aromatic carbocycles. The number of halogens is 2. The van der Waals surface area contributed by atoms with E-state index in [1.807, 2.05) is 4.90 Å². The van der Waals surface area contributed by atoms with Crippen molar-refractivity contribution in [3.05, 3.63) is 23.1 Å². The summed E-state index contributed by atoms with van der Waals surface area (Å²) < 4.78 is 5.14. The molecule has 0 radical (unpaired) electrons. The van der Waals surface area contributed by atoms with Gasteiger partial charge in [0.15, 0.2) is 11.0 Å². The standard InChI is InChI=1S/C11H13ClN2O2.ClH/c12-10-2-1-9(16-10)11(15)14-5-7-3-13-4-8(7)6-14;/h1-2,7-8,13H,3-6H2;1H. The summed E-state index contributed by atoms with van der Waals surface area (Å²) in [6.07, 6.45) is 0. The van der Waals surface area contributed by atoms with E-state index in [9.17, 15) is 4.79 Å². The number of hydrogen-bond acceptors (Lipinski definition) is 3. The summed E-state index contributed by atoms with van der Waals surface area (Å²) >= 11 is 5.66. The van der Waals surface area contributed by atoms with Crippen molar-refractivity contribution in [1.82, 2.24) is 10.2 Å². The van der Waals surface area contributed by atoms with Crippen LogP contribution >= 0.6 is 24.0 Å². The fraction of sp³-hybridized carbons (Fsp3) is 0.545. The predicted molar refractivity (Wildman–Crippen MR) is 66.7 cm³/mol. The maximum Gasteiger partial charge on any atom is 0.289 e. The van der Waals surface area contributed by atoms with Crippen molar-refractivity contribution in [3.8, 4) is 0 Å². The average molecular weight is 277 g/mol. The molecule has 1 amide bonds. The number of furan rings is 1. The van der Waals surface area contributed by atoms with Gasteiger partial charge < -0.3 is 14.6 Å². The Morgan fingerprint density at radius 1 is 1.35 bits per heavy atom. The van der Waals surface area contributed by atoms with Crippen molar-refractivity contribution in [1.29, 1.82) is 0 Å². The van der Waals surface area contributed by atoms with Crippen molar-refractivity contribution in [2.24, 2.45) is 11.8 Å². The second-order valence-electron chi connectivity index (χ2n) is 4.49. The molecule has 2 fully saturated rings. The third-order valence-corrected chi connectivity index (χ3v) is 3.66. The van der Waals surface area contributed by atoms with Gasteiger partial charge in [0, 0.05) is 26.2 Å². The second-order valence-corrected chi connectivity index (χ2v) is 4.86. The molecule has 0 bridgehead atoms. The Hall–Kier alpha value is -0.710. The minimum atomic E-state index is -0.0405. The lowest BCUT2D eigenvalue weighted by atomic mass is 10.0. The largest absolute Gasteiger partial charge is 0.440 e. The second kappa shape index (κ2) is 4.88. The number of amides is 1. The Balaban J connectivity index is 0.00000108. The van der Waals surface area contributed by atoms with Crippen LogP contribution in [-0.4, -0.2) is 37.0 Å². The molecule has 0 aliphatic carbocycles. The number of likely N-dealkylation sites (tertiary alicyclic amines) is 1. The molecule has 0 spiro atoms. The number of fused-ring (bicyclic) bond motifs is 1. The number of nitrogens with zero attached hydrogens (tertiary/aromatic N) is 1. The summed E-state index contributed by atoms with van der Waals surface area (Å²) in [7, 11) is 0. The van der Waals surface area contributed by atoms with Gasteiger partial charge in [-0.05, 0) is 35.6 Å². The van der Waals surface area contributed by atoms with Crippen LogP contribution in [0.3, 0.4) is 0 Å². The minimum Gasteiger partial charge on any atom is -0.440 e. The highest BCUT2D eigenvalue weighted by atomic mass is 35.5. The first-order valence-electron chi connectivity index (χ1n) is 5.49. The van der Waals surface area contributed by atoms with E-state index in [2.05, 4.69) is 5.32 Å². The fourth-order valence-corrected chi connectivity index (χ4v) is 2.75. The van der Waals surface area contributed by atoms with E-state index in [1.54, 1.807) is 12.1 Å². The molecule has 2 atom stereocenters. The zero-order chi connectivity index (χ0) is 11.1. The van der Waals surface area contributed by atoms with Gasteiger partial charge in [-0.2, -0.15) is 0 Å². The predicted octanol–water partition coefficient (Wildman–Crippen LogP) is 1.65. The van der Waals surface area contributed by atoms with E-state index in [4.69, 9.17) is 16.0 Å². The molecule has 94 valence electrons. The fourth-order valence-electron chi connectivity index (χ4n) is 2.61. The highest BCUT2D eigenvalue weighted by molar-refractivity contribution is 6.29. The van der Waals surface area contributed by atoms with Crippen LogP contribution in [0.25, 0.3) is 0 Å². The highest BCUT2D eigenvalue weighted by Crippen LogP contribution is 2.28. The van der Waals surface area contributed by atoms with Gasteiger partial charge in [-0.3, -0.25) is 4.79 Å². The summed E-state index contributed by atoms with van der Waals surface area (Å²) in [6, 6.07) is 3.24. The van der Waals surface area contributed by atoms with Crippen molar-refractivity contribution in [3.63, 3.8) is 0 Å². The van der Waals surface area contributed by atoms with E-state index in [0.29, 0.717) is 17.6 Å². The van der Waals surface area contributed by atoms with E-state index >= 15 is 0 Å². The van der Waals surface area contributed by atoms with E-state index in [-0.39, 0.29) is 23.5 Å². The molecule has 2 aliphatic rings. The van der Waals surface area contributed by atoms with Gasteiger partial charge in [-0.25, -0.2) is 0 Å². The molecule has 1 aromatic rings. The molecule has 0 saturated carbocycles. The Morgan fingerprint density at radius 3 is 2.53 bits per heavy atom. The quantitative estimate of drug-likeness (QED) is 0.849. The number of rotatable bonds is 1. The lowest BCUT2D eigenvalue weighted by Gasteiger charge is -2.15. The van der Waals surface area contributed by atoms with Gasteiger partial charge in [0.05, 0.1) is 0 Å². The summed E-state index contributed by atoms with van der Waals surface area (Å²) in [4.78, 5) is 13.9. The van der Waals surface area contributed by atoms with E-state index in [0.717, 1.165) is 26.2 Å². The van der Waals surface area contributed by atoms with Crippen molar-refractivity contribution < 1.29 is 9.21 Å². The number of hydrogen-bond donors (Lipinski definition) is 1. The monoisotopic (exact) mass is 276 g/mol. The lowest BCUT2D eigenvalue weighted by molar-refractivity contribution is 0.0750. The van der Waals surface area contributed by atoms with E-state index < -0.39 is 0 Å². The van der Waals surface area contributed by atoms with E-state index in [1.165, 1.54) is 0 Å². The van der Waals surface area contributed by atoms with Crippen molar-refractivity contribution >= 4 is 29.9 Å². The Kier molecular flexibility index (Phi) is 3.66. The van der Waals surface area contributed by atoms with Crippen molar-refractivity contribution in [2.75, 3.05) is 26.2 Å². The molecule has 6 heteroatoms. The first kappa shape index (κ1) is 12.7. The molecular formula is C11H14Cl2N2O2. The summed E-state index contributed by atoms with van der Waals surface area (Å²) in [5, 5.41) is 3.61. The molecule has 2 aliphatic heterocycles. The van der Waals surface area contributed by atoms with Crippen LogP contribution in [0, 0.1) is 11.8 Å². The molecule has 1 N–H and O–H groups in total. The van der Waals surface area contributed by atoms with Crippen LogP contribution in [0.5, 0.6) is 0 Å². The summed E-state index contributed by atoms with van der Waals surface area (Å²) in [5.74, 6) is 1.52.